The van der Waals surface area contributed by atoms with Crippen LogP contribution in [0.1, 0.15) is 45.8 Å². The Labute approximate surface area is 174 Å². The number of fused-ring (bicyclic) bond motifs is 1. The zero-order chi connectivity index (χ0) is 21.7. The maximum absolute atomic E-state index is 12.8. The molecule has 0 saturated heterocycles. The number of methoxy groups -OCH3 is 1. The average molecular weight is 412 g/mol. The Morgan fingerprint density at radius 3 is 2.67 bits per heavy atom. The van der Waals surface area contributed by atoms with Gasteiger partial charge in [-0.15, -0.1) is 0 Å². The van der Waals surface area contributed by atoms with Crippen molar-refractivity contribution in [2.75, 3.05) is 20.3 Å². The SMILES string of the molecule is COC(=O)c1cccc2c(-c3cnn(C)c3C)cc(C(=O)NCCCCCF)nc12. The van der Waals surface area contributed by atoms with E-state index >= 15 is 0 Å². The summed E-state index contributed by atoms with van der Waals surface area (Å²) >= 11 is 0. The summed E-state index contributed by atoms with van der Waals surface area (Å²) in [6.07, 6.45) is 3.60. The third kappa shape index (κ3) is 4.32. The Morgan fingerprint density at radius 1 is 1.20 bits per heavy atom. The van der Waals surface area contributed by atoms with Crippen LogP contribution in [0.15, 0.2) is 30.5 Å². The number of ether oxygens (including phenoxy) is 1. The highest BCUT2D eigenvalue weighted by atomic mass is 19.1. The van der Waals surface area contributed by atoms with E-state index in [1.54, 1.807) is 29.1 Å². The third-order valence-corrected chi connectivity index (χ3v) is 5.10. The van der Waals surface area contributed by atoms with E-state index < -0.39 is 5.97 Å². The van der Waals surface area contributed by atoms with Gasteiger partial charge in [-0.25, -0.2) is 9.78 Å². The maximum atomic E-state index is 12.8. The van der Waals surface area contributed by atoms with Crippen molar-refractivity contribution in [1.29, 1.82) is 0 Å². The summed E-state index contributed by atoms with van der Waals surface area (Å²) in [5, 5.41) is 7.85. The quantitative estimate of drug-likeness (QED) is 0.451. The summed E-state index contributed by atoms with van der Waals surface area (Å²) < 4.78 is 18.9. The van der Waals surface area contributed by atoms with Gasteiger partial charge in [0.1, 0.15) is 5.69 Å². The smallest absolute Gasteiger partial charge is 0.340 e. The molecule has 7 nitrogen and oxygen atoms in total. The minimum atomic E-state index is -0.522. The Morgan fingerprint density at radius 2 is 2.00 bits per heavy atom. The molecule has 158 valence electrons. The van der Waals surface area contributed by atoms with Crippen molar-refractivity contribution in [1.82, 2.24) is 20.1 Å². The van der Waals surface area contributed by atoms with Crippen molar-refractivity contribution in [2.45, 2.75) is 26.2 Å². The zero-order valence-electron chi connectivity index (χ0n) is 17.4. The molecule has 2 aromatic heterocycles. The minimum absolute atomic E-state index is 0.197. The number of halogens is 1. The molecule has 0 bridgehead atoms. The van der Waals surface area contributed by atoms with Gasteiger partial charge in [0.25, 0.3) is 5.91 Å². The van der Waals surface area contributed by atoms with Crippen molar-refractivity contribution in [3.05, 3.63) is 47.4 Å². The Kier molecular flexibility index (Phi) is 6.76. The second kappa shape index (κ2) is 9.47. The number of esters is 1. The topological polar surface area (TPSA) is 86.1 Å². The van der Waals surface area contributed by atoms with Gasteiger partial charge >= 0.3 is 5.97 Å². The van der Waals surface area contributed by atoms with Gasteiger partial charge in [-0.2, -0.15) is 5.10 Å². The summed E-state index contributed by atoms with van der Waals surface area (Å²) in [5.74, 6) is -0.870. The van der Waals surface area contributed by atoms with Gasteiger partial charge in [0.15, 0.2) is 0 Å². The fraction of sp³-hybridized carbons (Fsp3) is 0.364. The number of nitrogens with one attached hydrogen (secondary N) is 1. The minimum Gasteiger partial charge on any atom is -0.465 e. The lowest BCUT2D eigenvalue weighted by atomic mass is 9.98. The number of nitrogens with zero attached hydrogens (tertiary/aromatic N) is 3. The van der Waals surface area contributed by atoms with Gasteiger partial charge in [0.05, 0.1) is 31.1 Å². The van der Waals surface area contributed by atoms with Crippen LogP contribution in [-0.2, 0) is 11.8 Å². The molecule has 0 spiro atoms. The highest BCUT2D eigenvalue weighted by Gasteiger charge is 2.20. The van der Waals surface area contributed by atoms with Gasteiger partial charge in [-0.1, -0.05) is 12.1 Å². The molecule has 0 fully saturated rings. The number of aryl methyl sites for hydroxylation is 1. The van der Waals surface area contributed by atoms with E-state index in [0.717, 1.165) is 22.2 Å². The number of benzene rings is 1. The maximum Gasteiger partial charge on any atom is 0.340 e. The predicted molar refractivity (Wildman–Crippen MR) is 112 cm³/mol. The van der Waals surface area contributed by atoms with Gasteiger partial charge in [-0.05, 0) is 43.9 Å². The van der Waals surface area contributed by atoms with Gasteiger partial charge < -0.3 is 10.1 Å². The van der Waals surface area contributed by atoms with E-state index in [-0.39, 0.29) is 23.8 Å². The Balaban J connectivity index is 2.08. The molecule has 0 aliphatic heterocycles. The molecule has 3 aromatic rings. The molecule has 2 heterocycles. The summed E-state index contributed by atoms with van der Waals surface area (Å²) in [7, 11) is 3.15. The van der Waals surface area contributed by atoms with Gasteiger partial charge in [0.2, 0.25) is 0 Å². The first-order chi connectivity index (χ1) is 14.5. The molecule has 8 heteroatoms. The number of carbonyl (C=O) groups is 2. The Bertz CT molecular complexity index is 1080. The van der Waals surface area contributed by atoms with Crippen LogP contribution in [0.4, 0.5) is 4.39 Å². The van der Waals surface area contributed by atoms with Gasteiger partial charge in [0, 0.05) is 30.2 Å². The molecule has 1 N–H and O–H groups in total. The van der Waals surface area contributed by atoms with Gasteiger partial charge in [-0.3, -0.25) is 13.9 Å². The molecular formula is C22H25FN4O3. The molecule has 3 rings (SSSR count). The standard InChI is InChI=1S/C22H25FN4O3/c1-14-18(13-25-27(14)2)17-12-19(21(28)24-11-6-4-5-10-23)26-20-15(17)8-7-9-16(20)22(29)30-3/h7-9,12-13H,4-6,10-11H2,1-3H3,(H,24,28). The van der Waals surface area contributed by atoms with Crippen LogP contribution in [0.5, 0.6) is 0 Å². The number of aromatic nitrogens is 3. The molecule has 0 aliphatic carbocycles. The largest absolute Gasteiger partial charge is 0.465 e. The number of amides is 1. The van der Waals surface area contributed by atoms with Crippen molar-refractivity contribution >= 4 is 22.8 Å². The number of hydrogen-bond donors (Lipinski definition) is 1. The zero-order valence-corrected chi connectivity index (χ0v) is 17.4. The van der Waals surface area contributed by atoms with Crippen molar-refractivity contribution < 1.29 is 18.7 Å². The lowest BCUT2D eigenvalue weighted by Gasteiger charge is -2.12. The molecule has 0 atom stereocenters. The average Bonchev–Trinajstić information content (AvgIpc) is 3.09. The second-order valence-corrected chi connectivity index (χ2v) is 7.02. The lowest BCUT2D eigenvalue weighted by molar-refractivity contribution is 0.0602. The molecule has 0 aliphatic rings. The summed E-state index contributed by atoms with van der Waals surface area (Å²) in [6.45, 7) is 2.01. The highest BCUT2D eigenvalue weighted by Crippen LogP contribution is 2.32. The Hall–Kier alpha value is -3.29. The molecule has 30 heavy (non-hydrogen) atoms. The molecule has 0 radical (unpaired) electrons. The fourth-order valence-corrected chi connectivity index (χ4v) is 3.31. The molecular weight excluding hydrogens is 387 g/mol. The van der Waals surface area contributed by atoms with Crippen LogP contribution in [-0.4, -0.2) is 47.0 Å². The number of para-hydroxylation sites is 1. The first-order valence-corrected chi connectivity index (χ1v) is 9.83. The van der Waals surface area contributed by atoms with Crippen molar-refractivity contribution in [3.63, 3.8) is 0 Å². The van der Waals surface area contributed by atoms with Crippen LogP contribution < -0.4 is 5.32 Å². The van der Waals surface area contributed by atoms with E-state index in [0.29, 0.717) is 31.3 Å². The van der Waals surface area contributed by atoms with Crippen molar-refractivity contribution in [3.8, 4) is 11.1 Å². The number of alkyl halides is 1. The second-order valence-electron chi connectivity index (χ2n) is 7.02. The fourth-order valence-electron chi connectivity index (χ4n) is 3.31. The van der Waals surface area contributed by atoms with Crippen LogP contribution in [0.25, 0.3) is 22.0 Å². The van der Waals surface area contributed by atoms with E-state index in [1.165, 1.54) is 7.11 Å². The number of pyridine rings is 1. The summed E-state index contributed by atoms with van der Waals surface area (Å²) in [4.78, 5) is 29.5. The predicted octanol–water partition coefficient (Wildman–Crippen LogP) is 3.60. The number of hydrogen-bond acceptors (Lipinski definition) is 5. The molecule has 1 aromatic carbocycles. The molecule has 1 amide bonds. The van der Waals surface area contributed by atoms with Crippen LogP contribution in [0.3, 0.4) is 0 Å². The molecule has 0 unspecified atom stereocenters. The van der Waals surface area contributed by atoms with Crippen LogP contribution >= 0.6 is 0 Å². The van der Waals surface area contributed by atoms with E-state index in [9.17, 15) is 14.0 Å². The monoisotopic (exact) mass is 412 g/mol. The van der Waals surface area contributed by atoms with E-state index in [2.05, 4.69) is 15.4 Å². The van der Waals surface area contributed by atoms with Crippen molar-refractivity contribution in [2.24, 2.45) is 7.05 Å². The normalized spacial score (nSPS) is 10.9. The first kappa shape index (κ1) is 21.4. The number of rotatable bonds is 8. The summed E-state index contributed by atoms with van der Waals surface area (Å²) in [5.41, 5.74) is 3.41. The first-order valence-electron chi connectivity index (χ1n) is 9.83. The van der Waals surface area contributed by atoms with Crippen LogP contribution in [0, 0.1) is 6.92 Å². The number of unbranched alkanes of at least 4 members (excludes halogenated alkanes) is 2. The molecule has 0 saturated carbocycles. The summed E-state index contributed by atoms with van der Waals surface area (Å²) in [6, 6.07) is 6.95. The van der Waals surface area contributed by atoms with E-state index in [1.807, 2.05) is 20.0 Å². The lowest BCUT2D eigenvalue weighted by Crippen LogP contribution is -2.25. The number of carbonyl (C=O) groups excluding carboxylic acids is 2. The van der Waals surface area contributed by atoms with Crippen LogP contribution in [0.2, 0.25) is 0 Å². The van der Waals surface area contributed by atoms with E-state index in [4.69, 9.17) is 4.74 Å². The third-order valence-electron chi connectivity index (χ3n) is 5.10. The highest BCUT2D eigenvalue weighted by molar-refractivity contribution is 6.09.